The van der Waals surface area contributed by atoms with Gasteiger partial charge in [0, 0.05) is 22.9 Å². The third kappa shape index (κ3) is 5.27. The standard InChI is InChI=1S/C15H24N2O2S2/c1-4-19-13(18)15(3,17-12-6-7-12)8-5-9-20-14-16-11(2)10-21-14/h10,12,17H,4-9H2,1-3H3. The highest BCUT2D eigenvalue weighted by Gasteiger charge is 2.39. The molecule has 1 N–H and O–H groups in total. The number of thiazole rings is 1. The number of hydrogen-bond acceptors (Lipinski definition) is 6. The molecule has 21 heavy (non-hydrogen) atoms. The van der Waals surface area contributed by atoms with Crippen LogP contribution in [-0.2, 0) is 9.53 Å². The Morgan fingerprint density at radius 1 is 1.62 bits per heavy atom. The SMILES string of the molecule is CCOC(=O)C(C)(CCCSc1nc(C)cs1)NC1CC1. The molecular weight excluding hydrogens is 304 g/mol. The Kier molecular flexibility index (Phi) is 6.08. The number of esters is 1. The Morgan fingerprint density at radius 2 is 2.38 bits per heavy atom. The van der Waals surface area contributed by atoms with Crippen LogP contribution in [0, 0.1) is 6.92 Å². The summed E-state index contributed by atoms with van der Waals surface area (Å²) in [7, 11) is 0. The average molecular weight is 329 g/mol. The number of hydrogen-bond donors (Lipinski definition) is 1. The highest BCUT2D eigenvalue weighted by atomic mass is 32.2. The quantitative estimate of drug-likeness (QED) is 0.428. The topological polar surface area (TPSA) is 51.2 Å². The number of carbonyl (C=O) groups excluding carboxylic acids is 1. The summed E-state index contributed by atoms with van der Waals surface area (Å²) in [6, 6.07) is 0.494. The second-order valence-corrected chi connectivity index (χ2v) is 7.88. The third-order valence-electron chi connectivity index (χ3n) is 3.47. The van der Waals surface area contributed by atoms with Gasteiger partial charge in [-0.15, -0.1) is 11.3 Å². The maximum Gasteiger partial charge on any atom is 0.326 e. The van der Waals surface area contributed by atoms with Crippen molar-refractivity contribution in [1.82, 2.24) is 10.3 Å². The highest BCUT2D eigenvalue weighted by Crippen LogP contribution is 2.28. The molecule has 0 saturated heterocycles. The van der Waals surface area contributed by atoms with E-state index in [4.69, 9.17) is 4.74 Å². The van der Waals surface area contributed by atoms with E-state index in [1.165, 1.54) is 12.8 Å². The number of thioether (sulfide) groups is 1. The van der Waals surface area contributed by atoms with Gasteiger partial charge in [0.1, 0.15) is 9.88 Å². The summed E-state index contributed by atoms with van der Waals surface area (Å²) in [6.45, 7) is 6.28. The number of nitrogens with zero attached hydrogens (tertiary/aromatic N) is 1. The molecule has 0 spiro atoms. The molecule has 4 nitrogen and oxygen atoms in total. The summed E-state index contributed by atoms with van der Waals surface area (Å²) < 4.78 is 6.35. The van der Waals surface area contributed by atoms with Crippen LogP contribution in [0.1, 0.15) is 45.2 Å². The lowest BCUT2D eigenvalue weighted by molar-refractivity contribution is -0.151. The first-order chi connectivity index (χ1) is 10.0. The van der Waals surface area contributed by atoms with Gasteiger partial charge in [0.25, 0.3) is 0 Å². The number of carbonyl (C=O) groups is 1. The van der Waals surface area contributed by atoms with Gasteiger partial charge in [0.15, 0.2) is 0 Å². The molecule has 2 rings (SSSR count). The molecule has 1 heterocycles. The van der Waals surface area contributed by atoms with Crippen molar-refractivity contribution in [3.63, 3.8) is 0 Å². The van der Waals surface area contributed by atoms with E-state index >= 15 is 0 Å². The molecule has 0 bridgehead atoms. The lowest BCUT2D eigenvalue weighted by Gasteiger charge is -2.28. The van der Waals surface area contributed by atoms with E-state index in [0.29, 0.717) is 12.6 Å². The fourth-order valence-corrected chi connectivity index (χ4v) is 4.04. The number of aromatic nitrogens is 1. The van der Waals surface area contributed by atoms with Gasteiger partial charge in [-0.3, -0.25) is 10.1 Å². The Labute approximate surface area is 135 Å². The summed E-state index contributed by atoms with van der Waals surface area (Å²) in [5.74, 6) is 0.862. The number of aryl methyl sites for hydroxylation is 1. The Bertz CT molecular complexity index is 474. The van der Waals surface area contributed by atoms with Crippen molar-refractivity contribution in [3.8, 4) is 0 Å². The van der Waals surface area contributed by atoms with Gasteiger partial charge in [-0.05, 0) is 46.5 Å². The monoisotopic (exact) mass is 328 g/mol. The second-order valence-electron chi connectivity index (χ2n) is 5.68. The van der Waals surface area contributed by atoms with Crippen LogP contribution < -0.4 is 5.32 Å². The van der Waals surface area contributed by atoms with Gasteiger partial charge in [-0.1, -0.05) is 11.8 Å². The molecule has 1 aromatic rings. The normalized spacial score (nSPS) is 17.5. The lowest BCUT2D eigenvalue weighted by Crippen LogP contribution is -2.51. The van der Waals surface area contributed by atoms with E-state index in [0.717, 1.165) is 28.6 Å². The zero-order valence-electron chi connectivity index (χ0n) is 13.0. The van der Waals surface area contributed by atoms with Crippen LogP contribution in [0.5, 0.6) is 0 Å². The van der Waals surface area contributed by atoms with Crippen LogP contribution in [0.3, 0.4) is 0 Å². The summed E-state index contributed by atoms with van der Waals surface area (Å²) in [6.07, 6.45) is 4.11. The van der Waals surface area contributed by atoms with Gasteiger partial charge in [-0.25, -0.2) is 4.98 Å². The molecule has 0 aromatic carbocycles. The molecule has 0 aliphatic heterocycles. The first kappa shape index (κ1) is 16.8. The van der Waals surface area contributed by atoms with E-state index < -0.39 is 5.54 Å². The summed E-state index contributed by atoms with van der Waals surface area (Å²) in [4.78, 5) is 16.6. The van der Waals surface area contributed by atoms with E-state index in [2.05, 4.69) is 15.7 Å². The molecule has 1 aromatic heterocycles. The van der Waals surface area contributed by atoms with Crippen LogP contribution in [-0.4, -0.2) is 34.9 Å². The number of ether oxygens (including phenoxy) is 1. The molecule has 1 aliphatic carbocycles. The summed E-state index contributed by atoms with van der Waals surface area (Å²) >= 11 is 3.46. The minimum atomic E-state index is -0.545. The van der Waals surface area contributed by atoms with Gasteiger partial charge in [0.2, 0.25) is 0 Å². The number of nitrogens with one attached hydrogen (secondary N) is 1. The van der Waals surface area contributed by atoms with Crippen LogP contribution in [0.25, 0.3) is 0 Å². The van der Waals surface area contributed by atoms with E-state index in [-0.39, 0.29) is 5.97 Å². The van der Waals surface area contributed by atoms with Crippen molar-refractivity contribution < 1.29 is 9.53 Å². The smallest absolute Gasteiger partial charge is 0.326 e. The zero-order chi connectivity index (χ0) is 15.3. The molecule has 1 aliphatic rings. The molecule has 1 unspecified atom stereocenters. The Balaban J connectivity index is 1.79. The molecular formula is C15H24N2O2S2. The number of rotatable bonds is 9. The van der Waals surface area contributed by atoms with Crippen molar-refractivity contribution >= 4 is 29.1 Å². The zero-order valence-corrected chi connectivity index (χ0v) is 14.6. The molecule has 1 atom stereocenters. The minimum Gasteiger partial charge on any atom is -0.465 e. The van der Waals surface area contributed by atoms with Crippen LogP contribution >= 0.6 is 23.1 Å². The predicted octanol–water partition coefficient (Wildman–Crippen LogP) is 3.40. The first-order valence-electron chi connectivity index (χ1n) is 7.53. The second kappa shape index (κ2) is 7.61. The van der Waals surface area contributed by atoms with Gasteiger partial charge in [-0.2, -0.15) is 0 Å². The Morgan fingerprint density at radius 3 is 2.95 bits per heavy atom. The maximum absolute atomic E-state index is 12.2. The average Bonchev–Trinajstić information content (AvgIpc) is 3.15. The van der Waals surface area contributed by atoms with Crippen molar-refractivity contribution in [3.05, 3.63) is 11.1 Å². The molecule has 118 valence electrons. The molecule has 0 radical (unpaired) electrons. The van der Waals surface area contributed by atoms with Crippen molar-refractivity contribution in [2.24, 2.45) is 0 Å². The largest absolute Gasteiger partial charge is 0.465 e. The lowest BCUT2D eigenvalue weighted by atomic mass is 9.96. The Hall–Kier alpha value is -0.590. The van der Waals surface area contributed by atoms with E-state index in [9.17, 15) is 4.79 Å². The van der Waals surface area contributed by atoms with Crippen LogP contribution in [0.4, 0.5) is 0 Å². The third-order valence-corrected chi connectivity index (χ3v) is 5.70. The van der Waals surface area contributed by atoms with Gasteiger partial charge >= 0.3 is 5.97 Å². The first-order valence-corrected chi connectivity index (χ1v) is 9.40. The molecule has 6 heteroatoms. The van der Waals surface area contributed by atoms with Crippen LogP contribution in [0.15, 0.2) is 9.72 Å². The van der Waals surface area contributed by atoms with Crippen molar-refractivity contribution in [2.45, 2.75) is 62.4 Å². The molecule has 1 fully saturated rings. The van der Waals surface area contributed by atoms with Gasteiger partial charge in [0.05, 0.1) is 6.61 Å². The van der Waals surface area contributed by atoms with Crippen molar-refractivity contribution in [1.29, 1.82) is 0 Å². The molecule has 1 saturated carbocycles. The van der Waals surface area contributed by atoms with Crippen LogP contribution in [0.2, 0.25) is 0 Å². The predicted molar refractivity (Wildman–Crippen MR) is 88.0 cm³/mol. The van der Waals surface area contributed by atoms with E-state index in [1.54, 1.807) is 23.1 Å². The molecule has 0 amide bonds. The minimum absolute atomic E-state index is 0.119. The van der Waals surface area contributed by atoms with E-state index in [1.807, 2.05) is 20.8 Å². The summed E-state index contributed by atoms with van der Waals surface area (Å²) in [5.41, 5.74) is 0.533. The fourth-order valence-electron chi connectivity index (χ4n) is 2.19. The highest BCUT2D eigenvalue weighted by molar-refractivity contribution is 8.00. The maximum atomic E-state index is 12.2. The van der Waals surface area contributed by atoms with Gasteiger partial charge < -0.3 is 4.74 Å². The fraction of sp³-hybridized carbons (Fsp3) is 0.733. The van der Waals surface area contributed by atoms with Crippen molar-refractivity contribution in [2.75, 3.05) is 12.4 Å². The summed E-state index contributed by atoms with van der Waals surface area (Å²) in [5, 5.41) is 5.53.